The molecule has 1 heterocycles. The molecule has 2 N–H and O–H groups in total. The predicted octanol–water partition coefficient (Wildman–Crippen LogP) is 4.92. The third-order valence-corrected chi connectivity index (χ3v) is 8.72. The van der Waals surface area contributed by atoms with Crippen molar-refractivity contribution in [1.82, 2.24) is 19.9 Å². The number of carbonyl (C=O) groups is 2. The van der Waals surface area contributed by atoms with Gasteiger partial charge < -0.3 is 10.2 Å². The lowest BCUT2D eigenvalue weighted by molar-refractivity contribution is -0.141. The number of hydrogen-bond donors (Lipinski definition) is 2. The molecule has 0 aliphatic carbocycles. The van der Waals surface area contributed by atoms with Crippen LogP contribution in [-0.4, -0.2) is 42.7 Å². The molecule has 1 atom stereocenters. The van der Waals surface area contributed by atoms with Crippen LogP contribution in [0, 0.1) is 0 Å². The van der Waals surface area contributed by atoms with Gasteiger partial charge in [-0.25, -0.2) is 13.1 Å². The van der Waals surface area contributed by atoms with Gasteiger partial charge in [0.25, 0.3) is 0 Å². The van der Waals surface area contributed by atoms with Crippen molar-refractivity contribution in [2.45, 2.75) is 50.2 Å². The molecule has 0 fully saturated rings. The summed E-state index contributed by atoms with van der Waals surface area (Å²) in [6, 6.07) is 28.0. The number of aryl methyl sites for hydroxylation is 1. The fraction of sp³-hybridized carbons (Fsp3) is 0.242. The molecule has 224 valence electrons. The van der Waals surface area contributed by atoms with Gasteiger partial charge in [-0.2, -0.15) is 0 Å². The first-order chi connectivity index (χ1) is 20.7. The van der Waals surface area contributed by atoms with Gasteiger partial charge in [-0.1, -0.05) is 79.2 Å². The largest absolute Gasteiger partial charge is 0.349 e. The van der Waals surface area contributed by atoms with E-state index in [1.807, 2.05) is 60.7 Å². The fourth-order valence-electron chi connectivity index (χ4n) is 4.64. The Morgan fingerprint density at radius 3 is 2.19 bits per heavy atom. The predicted molar refractivity (Wildman–Crippen MR) is 168 cm³/mol. The topological polar surface area (TPSA) is 108 Å². The standard InChI is InChI=1S/C33H35ClN4O4S/c1-2-37-43(41,42)30-18-13-25(14-19-30)15-20-32(39)38(24-27-11-16-28(34)17-12-27)31(22-26-8-4-3-5-9-26)33(40)36-23-29-10-6-7-21-35-29/h3-14,16-19,21,31,37H,2,15,20,22-24H2,1H3,(H,36,40)/t31-/m0/s1. The van der Waals surface area contributed by atoms with Gasteiger partial charge in [0.2, 0.25) is 21.8 Å². The summed E-state index contributed by atoms with van der Waals surface area (Å²) in [5.41, 5.74) is 3.29. The first kappa shape index (κ1) is 31.9. The molecule has 0 aliphatic rings. The van der Waals surface area contributed by atoms with Crippen molar-refractivity contribution in [2.75, 3.05) is 6.54 Å². The molecular weight excluding hydrogens is 584 g/mol. The average Bonchev–Trinajstić information content (AvgIpc) is 3.02. The Balaban J connectivity index is 1.58. The third-order valence-electron chi connectivity index (χ3n) is 6.90. The maximum atomic E-state index is 13.9. The number of hydrogen-bond acceptors (Lipinski definition) is 5. The van der Waals surface area contributed by atoms with E-state index in [1.54, 1.807) is 42.3 Å². The number of halogens is 1. The van der Waals surface area contributed by atoms with Crippen LogP contribution in [0.4, 0.5) is 0 Å². The molecular formula is C33H35ClN4O4S. The zero-order chi connectivity index (χ0) is 30.7. The van der Waals surface area contributed by atoms with Crippen molar-refractivity contribution in [2.24, 2.45) is 0 Å². The molecule has 10 heteroatoms. The minimum absolute atomic E-state index is 0.131. The van der Waals surface area contributed by atoms with E-state index in [1.165, 1.54) is 12.1 Å². The van der Waals surface area contributed by atoms with Gasteiger partial charge in [0.05, 0.1) is 17.1 Å². The SMILES string of the molecule is CCNS(=O)(=O)c1ccc(CCC(=O)N(Cc2ccc(Cl)cc2)[C@@H](Cc2ccccc2)C(=O)NCc2ccccn2)cc1. The van der Waals surface area contributed by atoms with Crippen molar-refractivity contribution in [3.8, 4) is 0 Å². The van der Waals surface area contributed by atoms with E-state index in [-0.39, 0.29) is 36.2 Å². The number of sulfonamides is 1. The molecule has 0 saturated carbocycles. The molecule has 2 amide bonds. The lowest BCUT2D eigenvalue weighted by Crippen LogP contribution is -2.50. The Labute approximate surface area is 258 Å². The van der Waals surface area contributed by atoms with E-state index >= 15 is 0 Å². The van der Waals surface area contributed by atoms with Crippen LogP contribution in [0.1, 0.15) is 35.7 Å². The molecule has 0 bridgehead atoms. The van der Waals surface area contributed by atoms with Crippen molar-refractivity contribution < 1.29 is 18.0 Å². The van der Waals surface area contributed by atoms with Gasteiger partial charge >= 0.3 is 0 Å². The minimum Gasteiger partial charge on any atom is -0.349 e. The zero-order valence-electron chi connectivity index (χ0n) is 23.9. The van der Waals surface area contributed by atoms with Crippen LogP contribution in [-0.2, 0) is 45.5 Å². The molecule has 43 heavy (non-hydrogen) atoms. The fourth-order valence-corrected chi connectivity index (χ4v) is 5.81. The summed E-state index contributed by atoms with van der Waals surface area (Å²) < 4.78 is 27.1. The highest BCUT2D eigenvalue weighted by Crippen LogP contribution is 2.19. The van der Waals surface area contributed by atoms with Gasteiger partial charge in [-0.15, -0.1) is 0 Å². The summed E-state index contributed by atoms with van der Waals surface area (Å²) in [6.45, 7) is 2.46. The number of amides is 2. The highest BCUT2D eigenvalue weighted by Gasteiger charge is 2.30. The maximum absolute atomic E-state index is 13.9. The van der Waals surface area contributed by atoms with E-state index in [9.17, 15) is 18.0 Å². The Morgan fingerprint density at radius 1 is 0.860 bits per heavy atom. The zero-order valence-corrected chi connectivity index (χ0v) is 25.5. The normalized spacial score (nSPS) is 12.0. The Morgan fingerprint density at radius 2 is 1.53 bits per heavy atom. The lowest BCUT2D eigenvalue weighted by Gasteiger charge is -2.31. The van der Waals surface area contributed by atoms with Gasteiger partial charge in [-0.05, 0) is 59.5 Å². The van der Waals surface area contributed by atoms with E-state index in [4.69, 9.17) is 11.6 Å². The molecule has 4 rings (SSSR count). The Kier molecular flexibility index (Phi) is 11.4. The number of nitrogens with zero attached hydrogens (tertiary/aromatic N) is 2. The Hall–Kier alpha value is -4.05. The van der Waals surface area contributed by atoms with E-state index in [2.05, 4.69) is 15.0 Å². The van der Waals surface area contributed by atoms with Crippen molar-refractivity contribution in [3.05, 3.63) is 131 Å². The van der Waals surface area contributed by atoms with E-state index < -0.39 is 16.1 Å². The first-order valence-electron chi connectivity index (χ1n) is 14.1. The molecule has 0 unspecified atom stereocenters. The number of aromatic nitrogens is 1. The maximum Gasteiger partial charge on any atom is 0.243 e. The Bertz CT molecular complexity index is 1580. The number of carbonyl (C=O) groups excluding carboxylic acids is 2. The van der Waals surface area contributed by atoms with Crippen LogP contribution in [0.3, 0.4) is 0 Å². The molecule has 0 spiro atoms. The smallest absolute Gasteiger partial charge is 0.243 e. The second-order valence-corrected chi connectivity index (χ2v) is 12.2. The molecule has 4 aromatic rings. The van der Waals surface area contributed by atoms with Crippen LogP contribution >= 0.6 is 11.6 Å². The van der Waals surface area contributed by atoms with E-state index in [0.29, 0.717) is 30.1 Å². The van der Waals surface area contributed by atoms with Crippen LogP contribution < -0.4 is 10.0 Å². The number of pyridine rings is 1. The van der Waals surface area contributed by atoms with Crippen LogP contribution in [0.2, 0.25) is 5.02 Å². The summed E-state index contributed by atoms with van der Waals surface area (Å²) >= 11 is 6.11. The summed E-state index contributed by atoms with van der Waals surface area (Å²) in [5.74, 6) is -0.483. The summed E-state index contributed by atoms with van der Waals surface area (Å²) in [7, 11) is -3.57. The highest BCUT2D eigenvalue weighted by atomic mass is 35.5. The number of benzene rings is 3. The van der Waals surface area contributed by atoms with Crippen LogP contribution in [0.5, 0.6) is 0 Å². The second-order valence-electron chi connectivity index (χ2n) is 10.0. The van der Waals surface area contributed by atoms with Gasteiger partial charge in [0.15, 0.2) is 0 Å². The molecule has 0 radical (unpaired) electrons. The summed E-state index contributed by atoms with van der Waals surface area (Å²) in [4.78, 5) is 33.7. The quantitative estimate of drug-likeness (QED) is 0.209. The van der Waals surface area contributed by atoms with Crippen LogP contribution in [0.15, 0.2) is 108 Å². The molecule has 0 aliphatic heterocycles. The van der Waals surface area contributed by atoms with Crippen LogP contribution in [0.25, 0.3) is 0 Å². The van der Waals surface area contributed by atoms with Crippen molar-refractivity contribution in [3.63, 3.8) is 0 Å². The summed E-state index contributed by atoms with van der Waals surface area (Å²) in [5, 5.41) is 3.55. The average molecular weight is 619 g/mol. The van der Waals surface area contributed by atoms with Gasteiger partial charge in [0.1, 0.15) is 6.04 Å². The lowest BCUT2D eigenvalue weighted by atomic mass is 10.0. The first-order valence-corrected chi connectivity index (χ1v) is 16.0. The van der Waals surface area contributed by atoms with E-state index in [0.717, 1.165) is 16.7 Å². The molecule has 0 saturated heterocycles. The highest BCUT2D eigenvalue weighted by molar-refractivity contribution is 7.89. The number of nitrogens with one attached hydrogen (secondary N) is 2. The van der Waals surface area contributed by atoms with Gasteiger partial charge in [0, 0.05) is 37.2 Å². The number of rotatable bonds is 14. The third kappa shape index (κ3) is 9.47. The van der Waals surface area contributed by atoms with Crippen molar-refractivity contribution >= 4 is 33.4 Å². The monoisotopic (exact) mass is 618 g/mol. The second kappa shape index (κ2) is 15.4. The van der Waals surface area contributed by atoms with Gasteiger partial charge in [-0.3, -0.25) is 14.6 Å². The molecule has 8 nitrogen and oxygen atoms in total. The van der Waals surface area contributed by atoms with Crippen molar-refractivity contribution in [1.29, 1.82) is 0 Å². The summed E-state index contributed by atoms with van der Waals surface area (Å²) in [6.07, 6.45) is 2.50. The molecule has 3 aromatic carbocycles. The molecule has 1 aromatic heterocycles. The minimum atomic E-state index is -3.57.